The van der Waals surface area contributed by atoms with Gasteiger partial charge >= 0.3 is 0 Å². The Morgan fingerprint density at radius 3 is 2.65 bits per heavy atom. The van der Waals surface area contributed by atoms with Crippen LogP contribution in [0.5, 0.6) is 11.5 Å². The molecule has 0 fully saturated rings. The summed E-state index contributed by atoms with van der Waals surface area (Å²) in [5, 5.41) is 2.92. The zero-order chi connectivity index (χ0) is 16.4. The van der Waals surface area contributed by atoms with Gasteiger partial charge in [0, 0.05) is 0 Å². The van der Waals surface area contributed by atoms with Crippen LogP contribution >= 0.6 is 11.6 Å². The first kappa shape index (κ1) is 15.6. The van der Waals surface area contributed by atoms with Crippen molar-refractivity contribution >= 4 is 17.5 Å². The standard InChI is InChI=1S/C17H15ClFNO3/c1-10(11-2-5-15-16(8-11)23-7-6-22-15)20-17(21)13-4-3-12(19)9-14(13)18/h2-5,8-10H,6-7H2,1H3,(H,20,21). The molecule has 6 heteroatoms. The highest BCUT2D eigenvalue weighted by atomic mass is 35.5. The molecule has 1 atom stereocenters. The Morgan fingerprint density at radius 1 is 1.17 bits per heavy atom. The summed E-state index contributed by atoms with van der Waals surface area (Å²) in [5.74, 6) is 0.513. The second kappa shape index (κ2) is 6.46. The lowest BCUT2D eigenvalue weighted by molar-refractivity contribution is 0.0940. The third-order valence-corrected chi connectivity index (χ3v) is 3.90. The summed E-state index contributed by atoms with van der Waals surface area (Å²) >= 11 is 5.91. The molecule has 1 heterocycles. The van der Waals surface area contributed by atoms with E-state index >= 15 is 0 Å². The lowest BCUT2D eigenvalue weighted by Gasteiger charge is -2.21. The number of ether oxygens (including phenoxy) is 2. The van der Waals surface area contributed by atoms with Crippen LogP contribution in [0.15, 0.2) is 36.4 Å². The molecule has 0 bridgehead atoms. The molecule has 3 rings (SSSR count). The van der Waals surface area contributed by atoms with Gasteiger partial charge in [0.2, 0.25) is 0 Å². The third-order valence-electron chi connectivity index (χ3n) is 3.59. The lowest BCUT2D eigenvalue weighted by atomic mass is 10.1. The molecule has 1 unspecified atom stereocenters. The summed E-state index contributed by atoms with van der Waals surface area (Å²) < 4.78 is 24.1. The zero-order valence-electron chi connectivity index (χ0n) is 12.4. The van der Waals surface area contributed by atoms with E-state index in [-0.39, 0.29) is 22.5 Å². The SMILES string of the molecule is CC(NC(=O)c1ccc(F)cc1Cl)c1ccc2c(c1)OCCO2. The molecular formula is C17H15ClFNO3. The minimum absolute atomic E-state index is 0.0804. The Kier molecular flexibility index (Phi) is 4.39. The van der Waals surface area contributed by atoms with Gasteiger partial charge in [0.1, 0.15) is 19.0 Å². The molecule has 23 heavy (non-hydrogen) atoms. The van der Waals surface area contributed by atoms with E-state index in [1.54, 1.807) is 0 Å². The first-order valence-corrected chi connectivity index (χ1v) is 7.58. The fraction of sp³-hybridized carbons (Fsp3) is 0.235. The highest BCUT2D eigenvalue weighted by Crippen LogP contribution is 2.32. The molecule has 0 radical (unpaired) electrons. The van der Waals surface area contributed by atoms with Gasteiger partial charge in [-0.25, -0.2) is 4.39 Å². The predicted molar refractivity (Wildman–Crippen MR) is 84.7 cm³/mol. The fourth-order valence-corrected chi connectivity index (χ4v) is 2.61. The van der Waals surface area contributed by atoms with E-state index in [9.17, 15) is 9.18 Å². The van der Waals surface area contributed by atoms with Crippen LogP contribution in [-0.4, -0.2) is 19.1 Å². The number of hydrogen-bond donors (Lipinski definition) is 1. The third kappa shape index (κ3) is 3.40. The number of rotatable bonds is 3. The first-order chi connectivity index (χ1) is 11.0. The molecule has 0 saturated carbocycles. The summed E-state index contributed by atoms with van der Waals surface area (Å²) in [6, 6.07) is 8.94. The van der Waals surface area contributed by atoms with Crippen molar-refractivity contribution in [1.82, 2.24) is 5.32 Å². The van der Waals surface area contributed by atoms with Crippen molar-refractivity contribution in [1.29, 1.82) is 0 Å². The summed E-state index contributed by atoms with van der Waals surface area (Å²) in [5.41, 5.74) is 1.11. The van der Waals surface area contributed by atoms with Crippen molar-refractivity contribution in [3.63, 3.8) is 0 Å². The minimum atomic E-state index is -0.480. The van der Waals surface area contributed by atoms with Gasteiger partial charge in [-0.2, -0.15) is 0 Å². The van der Waals surface area contributed by atoms with Gasteiger partial charge < -0.3 is 14.8 Å². The number of benzene rings is 2. The van der Waals surface area contributed by atoms with Gasteiger partial charge in [0.25, 0.3) is 5.91 Å². The molecule has 120 valence electrons. The van der Waals surface area contributed by atoms with Crippen LogP contribution in [0.25, 0.3) is 0 Å². The summed E-state index contributed by atoms with van der Waals surface area (Å²) in [6.07, 6.45) is 0. The van der Waals surface area contributed by atoms with Crippen molar-refractivity contribution < 1.29 is 18.7 Å². The number of amides is 1. The van der Waals surface area contributed by atoms with Crippen LogP contribution in [0.2, 0.25) is 5.02 Å². The highest BCUT2D eigenvalue weighted by Gasteiger charge is 2.17. The maximum atomic E-state index is 13.1. The van der Waals surface area contributed by atoms with Crippen LogP contribution in [-0.2, 0) is 0 Å². The molecule has 1 aliphatic heterocycles. The van der Waals surface area contributed by atoms with E-state index in [1.165, 1.54) is 12.1 Å². The van der Waals surface area contributed by atoms with E-state index in [0.717, 1.165) is 11.6 Å². The Hall–Kier alpha value is -2.27. The Bertz CT molecular complexity index is 751. The molecular weight excluding hydrogens is 321 g/mol. The first-order valence-electron chi connectivity index (χ1n) is 7.20. The number of carbonyl (C=O) groups excluding carboxylic acids is 1. The van der Waals surface area contributed by atoms with Gasteiger partial charge in [-0.1, -0.05) is 17.7 Å². The molecule has 0 spiro atoms. The molecule has 0 aliphatic carbocycles. The lowest BCUT2D eigenvalue weighted by Crippen LogP contribution is -2.27. The fourth-order valence-electron chi connectivity index (χ4n) is 2.36. The van der Waals surface area contributed by atoms with Crippen molar-refractivity contribution in [3.8, 4) is 11.5 Å². The predicted octanol–water partition coefficient (Wildman–Crippen LogP) is 3.74. The van der Waals surface area contributed by atoms with Crippen molar-refractivity contribution in [2.45, 2.75) is 13.0 Å². The van der Waals surface area contributed by atoms with Crippen LogP contribution in [0.4, 0.5) is 4.39 Å². The van der Waals surface area contributed by atoms with Crippen LogP contribution in [0, 0.1) is 5.82 Å². The quantitative estimate of drug-likeness (QED) is 0.929. The molecule has 0 aromatic heterocycles. The highest BCUT2D eigenvalue weighted by molar-refractivity contribution is 6.33. The van der Waals surface area contributed by atoms with Gasteiger partial charge in [0.05, 0.1) is 16.6 Å². The number of carbonyl (C=O) groups is 1. The van der Waals surface area contributed by atoms with Crippen molar-refractivity contribution in [3.05, 3.63) is 58.4 Å². The second-order valence-electron chi connectivity index (χ2n) is 5.22. The maximum absolute atomic E-state index is 13.1. The van der Waals surface area contributed by atoms with Crippen LogP contribution < -0.4 is 14.8 Å². The molecule has 0 saturated heterocycles. The summed E-state index contributed by atoms with van der Waals surface area (Å²) in [7, 11) is 0. The number of halogens is 2. The minimum Gasteiger partial charge on any atom is -0.486 e. The van der Waals surface area contributed by atoms with Gasteiger partial charge in [0.15, 0.2) is 11.5 Å². The summed E-state index contributed by atoms with van der Waals surface area (Å²) in [6.45, 7) is 2.88. The molecule has 1 N–H and O–H groups in total. The van der Waals surface area contributed by atoms with Crippen LogP contribution in [0.3, 0.4) is 0 Å². The van der Waals surface area contributed by atoms with E-state index in [0.29, 0.717) is 24.7 Å². The average Bonchev–Trinajstić information content (AvgIpc) is 2.54. The number of fused-ring (bicyclic) bond motifs is 1. The Balaban J connectivity index is 1.76. The van der Waals surface area contributed by atoms with E-state index in [2.05, 4.69) is 5.32 Å². The van der Waals surface area contributed by atoms with E-state index in [4.69, 9.17) is 21.1 Å². The monoisotopic (exact) mass is 335 g/mol. The van der Waals surface area contributed by atoms with Crippen LogP contribution in [0.1, 0.15) is 28.9 Å². The average molecular weight is 336 g/mol. The molecule has 1 amide bonds. The summed E-state index contributed by atoms with van der Waals surface area (Å²) in [4.78, 5) is 12.3. The zero-order valence-corrected chi connectivity index (χ0v) is 13.2. The van der Waals surface area contributed by atoms with Crippen molar-refractivity contribution in [2.75, 3.05) is 13.2 Å². The molecule has 2 aromatic carbocycles. The van der Waals surface area contributed by atoms with E-state index < -0.39 is 5.82 Å². The topological polar surface area (TPSA) is 47.6 Å². The normalized spacial score (nSPS) is 14.2. The molecule has 1 aliphatic rings. The maximum Gasteiger partial charge on any atom is 0.253 e. The Labute approximate surface area is 138 Å². The largest absolute Gasteiger partial charge is 0.486 e. The smallest absolute Gasteiger partial charge is 0.253 e. The Morgan fingerprint density at radius 2 is 1.91 bits per heavy atom. The van der Waals surface area contributed by atoms with Crippen molar-refractivity contribution in [2.24, 2.45) is 0 Å². The van der Waals surface area contributed by atoms with Gasteiger partial charge in [-0.15, -0.1) is 0 Å². The second-order valence-corrected chi connectivity index (χ2v) is 5.63. The number of hydrogen-bond acceptors (Lipinski definition) is 3. The molecule has 4 nitrogen and oxygen atoms in total. The van der Waals surface area contributed by atoms with Gasteiger partial charge in [-0.3, -0.25) is 4.79 Å². The van der Waals surface area contributed by atoms with Gasteiger partial charge in [-0.05, 0) is 42.8 Å². The number of nitrogens with one attached hydrogen (secondary N) is 1. The van der Waals surface area contributed by atoms with E-state index in [1.807, 2.05) is 25.1 Å². The molecule has 2 aromatic rings.